The van der Waals surface area contributed by atoms with E-state index >= 15 is 0 Å². The van der Waals surface area contributed by atoms with Gasteiger partial charge in [0.25, 0.3) is 0 Å². The van der Waals surface area contributed by atoms with E-state index in [0.29, 0.717) is 5.69 Å². The van der Waals surface area contributed by atoms with Crippen LogP contribution in [0.15, 0.2) is 29.9 Å². The number of rotatable bonds is 4. The van der Waals surface area contributed by atoms with Gasteiger partial charge in [0.15, 0.2) is 0 Å². The molecule has 84 valence electrons. The Labute approximate surface area is 98.2 Å². The first kappa shape index (κ1) is 11.0. The first-order chi connectivity index (χ1) is 7.79. The molecule has 0 bridgehead atoms. The van der Waals surface area contributed by atoms with Crippen LogP contribution in [0.25, 0.3) is 0 Å². The van der Waals surface area contributed by atoms with Crippen LogP contribution in [0.4, 0.5) is 5.82 Å². The Hall–Kier alpha value is -1.46. The Kier molecular flexibility index (Phi) is 3.48. The van der Waals surface area contributed by atoms with Gasteiger partial charge < -0.3 is 10.0 Å². The summed E-state index contributed by atoms with van der Waals surface area (Å²) in [7, 11) is 1.96. The fourth-order valence-corrected chi connectivity index (χ4v) is 2.13. The third-order valence-corrected chi connectivity index (χ3v) is 3.06. The molecule has 0 aliphatic carbocycles. The molecule has 5 heteroatoms. The van der Waals surface area contributed by atoms with E-state index in [4.69, 9.17) is 5.11 Å². The number of hydrogen-bond donors (Lipinski definition) is 1. The molecule has 0 spiro atoms. The Morgan fingerprint density at radius 1 is 1.44 bits per heavy atom. The standard InChI is InChI=1S/C11H13N3OS/c1-14(7-10-3-2-4-16-10)11-6-12-5-9(8-15)13-11/h2-6,15H,7-8H2,1H3. The molecule has 0 aromatic carbocycles. The van der Waals surface area contributed by atoms with Crippen molar-refractivity contribution < 1.29 is 5.11 Å². The fraction of sp³-hybridized carbons (Fsp3) is 0.273. The second kappa shape index (κ2) is 5.05. The van der Waals surface area contributed by atoms with Gasteiger partial charge in [-0.1, -0.05) is 6.07 Å². The molecule has 0 aliphatic heterocycles. The molecule has 2 rings (SSSR count). The SMILES string of the molecule is CN(Cc1cccs1)c1cncc(CO)n1. The molecule has 4 nitrogen and oxygen atoms in total. The molecule has 0 fully saturated rings. The molecular weight excluding hydrogens is 222 g/mol. The van der Waals surface area contributed by atoms with Gasteiger partial charge in [0.05, 0.1) is 31.2 Å². The van der Waals surface area contributed by atoms with Crippen LogP contribution < -0.4 is 4.90 Å². The first-order valence-electron chi connectivity index (χ1n) is 4.95. The van der Waals surface area contributed by atoms with Crippen LogP contribution in [-0.4, -0.2) is 22.1 Å². The molecule has 0 radical (unpaired) electrons. The Bertz CT molecular complexity index is 444. The number of anilines is 1. The van der Waals surface area contributed by atoms with E-state index < -0.39 is 0 Å². The van der Waals surface area contributed by atoms with E-state index in [-0.39, 0.29) is 6.61 Å². The summed E-state index contributed by atoms with van der Waals surface area (Å²) in [5.41, 5.74) is 0.593. The topological polar surface area (TPSA) is 49.2 Å². The van der Waals surface area contributed by atoms with Crippen LogP contribution in [0.2, 0.25) is 0 Å². The lowest BCUT2D eigenvalue weighted by molar-refractivity contribution is 0.276. The number of aliphatic hydroxyl groups excluding tert-OH is 1. The number of nitrogens with zero attached hydrogens (tertiary/aromatic N) is 3. The Morgan fingerprint density at radius 2 is 2.31 bits per heavy atom. The third-order valence-electron chi connectivity index (χ3n) is 2.20. The number of aromatic nitrogens is 2. The summed E-state index contributed by atoms with van der Waals surface area (Å²) in [6.45, 7) is 0.731. The molecule has 2 aromatic heterocycles. The number of thiophene rings is 1. The highest BCUT2D eigenvalue weighted by atomic mass is 32.1. The molecule has 0 unspecified atom stereocenters. The highest BCUT2D eigenvalue weighted by Gasteiger charge is 2.05. The molecule has 2 heterocycles. The van der Waals surface area contributed by atoms with Gasteiger partial charge in [0.2, 0.25) is 0 Å². The second-order valence-electron chi connectivity index (χ2n) is 3.46. The summed E-state index contributed by atoms with van der Waals surface area (Å²) in [5, 5.41) is 11.0. The lowest BCUT2D eigenvalue weighted by Crippen LogP contribution is -2.17. The zero-order chi connectivity index (χ0) is 11.4. The van der Waals surface area contributed by atoms with E-state index in [2.05, 4.69) is 21.4 Å². The monoisotopic (exact) mass is 235 g/mol. The Morgan fingerprint density at radius 3 is 3.00 bits per heavy atom. The van der Waals surface area contributed by atoms with Crippen LogP contribution in [-0.2, 0) is 13.2 Å². The highest BCUT2D eigenvalue weighted by Crippen LogP contribution is 2.15. The van der Waals surface area contributed by atoms with Gasteiger partial charge in [-0.05, 0) is 11.4 Å². The molecule has 0 aliphatic rings. The van der Waals surface area contributed by atoms with Crippen LogP contribution in [0.3, 0.4) is 0 Å². The number of hydrogen-bond acceptors (Lipinski definition) is 5. The second-order valence-corrected chi connectivity index (χ2v) is 4.49. The molecular formula is C11H13N3OS. The minimum Gasteiger partial charge on any atom is -0.390 e. The smallest absolute Gasteiger partial charge is 0.147 e. The van der Waals surface area contributed by atoms with Gasteiger partial charge >= 0.3 is 0 Å². The van der Waals surface area contributed by atoms with Crippen LogP contribution in [0.1, 0.15) is 10.6 Å². The largest absolute Gasteiger partial charge is 0.390 e. The van der Waals surface area contributed by atoms with Crippen molar-refractivity contribution in [2.24, 2.45) is 0 Å². The van der Waals surface area contributed by atoms with Gasteiger partial charge in [-0.3, -0.25) is 4.98 Å². The van der Waals surface area contributed by atoms with Crippen LogP contribution >= 0.6 is 11.3 Å². The van der Waals surface area contributed by atoms with Gasteiger partial charge in [-0.25, -0.2) is 4.98 Å². The molecule has 0 atom stereocenters. The van der Waals surface area contributed by atoms with Crippen molar-refractivity contribution in [3.63, 3.8) is 0 Å². The van der Waals surface area contributed by atoms with Crippen molar-refractivity contribution in [3.05, 3.63) is 40.5 Å². The van der Waals surface area contributed by atoms with E-state index in [9.17, 15) is 0 Å². The molecule has 2 aromatic rings. The molecule has 0 saturated heterocycles. The summed E-state index contributed by atoms with van der Waals surface area (Å²) < 4.78 is 0. The van der Waals surface area contributed by atoms with Gasteiger partial charge in [-0.15, -0.1) is 11.3 Å². The Balaban J connectivity index is 2.11. The van der Waals surface area contributed by atoms with Gasteiger partial charge in [-0.2, -0.15) is 0 Å². The molecule has 1 N–H and O–H groups in total. The quantitative estimate of drug-likeness (QED) is 0.875. The predicted molar refractivity (Wildman–Crippen MR) is 64.4 cm³/mol. The van der Waals surface area contributed by atoms with E-state index in [1.165, 1.54) is 4.88 Å². The fourth-order valence-electron chi connectivity index (χ4n) is 1.37. The van der Waals surface area contributed by atoms with Crippen molar-refractivity contribution in [1.29, 1.82) is 0 Å². The lowest BCUT2D eigenvalue weighted by Gasteiger charge is -2.17. The lowest BCUT2D eigenvalue weighted by atomic mass is 10.4. The average Bonchev–Trinajstić information content (AvgIpc) is 2.82. The summed E-state index contributed by atoms with van der Waals surface area (Å²) in [4.78, 5) is 11.6. The van der Waals surface area contributed by atoms with Gasteiger partial charge in [0, 0.05) is 11.9 Å². The average molecular weight is 235 g/mol. The molecule has 16 heavy (non-hydrogen) atoms. The first-order valence-corrected chi connectivity index (χ1v) is 5.83. The van der Waals surface area contributed by atoms with Crippen molar-refractivity contribution in [2.45, 2.75) is 13.2 Å². The number of aliphatic hydroxyl groups is 1. The summed E-state index contributed by atoms with van der Waals surface area (Å²) >= 11 is 1.72. The van der Waals surface area contributed by atoms with Gasteiger partial charge in [0.1, 0.15) is 5.82 Å². The van der Waals surface area contributed by atoms with E-state index in [0.717, 1.165) is 12.4 Å². The maximum absolute atomic E-state index is 8.98. The minimum atomic E-state index is -0.0757. The zero-order valence-electron chi connectivity index (χ0n) is 9.00. The van der Waals surface area contributed by atoms with Crippen LogP contribution in [0, 0.1) is 0 Å². The van der Waals surface area contributed by atoms with Crippen molar-refractivity contribution in [3.8, 4) is 0 Å². The van der Waals surface area contributed by atoms with E-state index in [1.807, 2.05) is 18.0 Å². The highest BCUT2D eigenvalue weighted by molar-refractivity contribution is 7.09. The van der Waals surface area contributed by atoms with E-state index in [1.54, 1.807) is 23.7 Å². The predicted octanol–water partition coefficient (Wildman–Crippen LogP) is 1.67. The molecule has 0 amide bonds. The van der Waals surface area contributed by atoms with Crippen molar-refractivity contribution in [1.82, 2.24) is 9.97 Å². The zero-order valence-corrected chi connectivity index (χ0v) is 9.81. The minimum absolute atomic E-state index is 0.0757. The third kappa shape index (κ3) is 2.56. The summed E-state index contributed by atoms with van der Waals surface area (Å²) in [5.74, 6) is 0.778. The maximum atomic E-state index is 8.98. The molecule has 0 saturated carbocycles. The maximum Gasteiger partial charge on any atom is 0.147 e. The van der Waals surface area contributed by atoms with Crippen LogP contribution in [0.5, 0.6) is 0 Å². The normalized spacial score (nSPS) is 10.4. The summed E-state index contributed by atoms with van der Waals surface area (Å²) in [6, 6.07) is 4.12. The summed E-state index contributed by atoms with van der Waals surface area (Å²) in [6.07, 6.45) is 3.27. The van der Waals surface area contributed by atoms with Crippen molar-refractivity contribution in [2.75, 3.05) is 11.9 Å². The van der Waals surface area contributed by atoms with Crippen molar-refractivity contribution >= 4 is 17.2 Å².